The summed E-state index contributed by atoms with van der Waals surface area (Å²) in [5.41, 5.74) is 0.917. The SMILES string of the molecule is CC(C)(C)S(=O)(=O)NC1CCC(CNCCNc2ccc(F)cc2)CC1. The van der Waals surface area contributed by atoms with Crippen molar-refractivity contribution in [3.63, 3.8) is 0 Å². The lowest BCUT2D eigenvalue weighted by Gasteiger charge is -2.31. The van der Waals surface area contributed by atoms with Gasteiger partial charge in [0.1, 0.15) is 5.82 Å². The van der Waals surface area contributed by atoms with Crippen LogP contribution >= 0.6 is 0 Å². The topological polar surface area (TPSA) is 70.2 Å². The average Bonchev–Trinajstić information content (AvgIpc) is 2.56. The van der Waals surface area contributed by atoms with Crippen molar-refractivity contribution in [1.82, 2.24) is 10.0 Å². The second-order valence-corrected chi connectivity index (χ2v) is 10.6. The molecule has 26 heavy (non-hydrogen) atoms. The Morgan fingerprint density at radius 2 is 1.65 bits per heavy atom. The van der Waals surface area contributed by atoms with E-state index in [9.17, 15) is 12.8 Å². The van der Waals surface area contributed by atoms with Crippen LogP contribution in [0, 0.1) is 11.7 Å². The standard InChI is InChI=1S/C19H32FN3O2S/c1-19(2,3)26(24,25)23-18-8-4-15(5-9-18)14-21-12-13-22-17-10-6-16(20)7-11-17/h6-7,10-11,15,18,21-23H,4-5,8-9,12-14H2,1-3H3. The van der Waals surface area contributed by atoms with E-state index >= 15 is 0 Å². The lowest BCUT2D eigenvalue weighted by atomic mass is 9.86. The Labute approximate surface area is 157 Å². The van der Waals surface area contributed by atoms with Gasteiger partial charge < -0.3 is 10.6 Å². The van der Waals surface area contributed by atoms with Gasteiger partial charge in [-0.15, -0.1) is 0 Å². The van der Waals surface area contributed by atoms with Gasteiger partial charge in [-0.05, 0) is 83.2 Å². The Kier molecular flexibility index (Phi) is 7.43. The first-order valence-corrected chi connectivity index (χ1v) is 10.9. The molecule has 148 valence electrons. The van der Waals surface area contributed by atoms with Crippen LogP contribution in [0.5, 0.6) is 0 Å². The summed E-state index contributed by atoms with van der Waals surface area (Å²) in [5.74, 6) is 0.366. The molecule has 1 aliphatic carbocycles. The molecule has 7 heteroatoms. The van der Waals surface area contributed by atoms with E-state index in [4.69, 9.17) is 0 Å². The second kappa shape index (κ2) is 9.15. The number of nitrogens with one attached hydrogen (secondary N) is 3. The first kappa shape index (κ1) is 21.1. The quantitative estimate of drug-likeness (QED) is 0.602. The van der Waals surface area contributed by atoms with E-state index < -0.39 is 14.8 Å². The maximum atomic E-state index is 12.8. The lowest BCUT2D eigenvalue weighted by molar-refractivity contribution is 0.303. The molecule has 2 rings (SSSR count). The first-order chi connectivity index (χ1) is 12.2. The summed E-state index contributed by atoms with van der Waals surface area (Å²) < 4.78 is 39.4. The smallest absolute Gasteiger partial charge is 0.216 e. The van der Waals surface area contributed by atoms with Crippen LogP contribution < -0.4 is 15.4 Å². The van der Waals surface area contributed by atoms with Crippen molar-refractivity contribution in [1.29, 1.82) is 0 Å². The van der Waals surface area contributed by atoms with Gasteiger partial charge in [0.05, 0.1) is 4.75 Å². The van der Waals surface area contributed by atoms with Gasteiger partial charge in [-0.25, -0.2) is 17.5 Å². The third kappa shape index (κ3) is 6.52. The first-order valence-electron chi connectivity index (χ1n) is 9.39. The summed E-state index contributed by atoms with van der Waals surface area (Å²) in [5, 5.41) is 6.70. The van der Waals surface area contributed by atoms with Gasteiger partial charge >= 0.3 is 0 Å². The monoisotopic (exact) mass is 385 g/mol. The van der Waals surface area contributed by atoms with E-state index in [0.717, 1.165) is 51.0 Å². The largest absolute Gasteiger partial charge is 0.384 e. The van der Waals surface area contributed by atoms with E-state index in [1.165, 1.54) is 12.1 Å². The number of halogens is 1. The van der Waals surface area contributed by atoms with E-state index in [-0.39, 0.29) is 11.9 Å². The van der Waals surface area contributed by atoms with Crippen molar-refractivity contribution in [2.45, 2.75) is 57.2 Å². The second-order valence-electron chi connectivity index (χ2n) is 8.09. The van der Waals surface area contributed by atoms with Crippen molar-refractivity contribution in [2.75, 3.05) is 25.0 Å². The summed E-state index contributed by atoms with van der Waals surface area (Å²) in [4.78, 5) is 0. The van der Waals surface area contributed by atoms with Crippen molar-refractivity contribution in [3.8, 4) is 0 Å². The summed E-state index contributed by atoms with van der Waals surface area (Å²) in [6, 6.07) is 6.42. The predicted molar refractivity (Wildman–Crippen MR) is 105 cm³/mol. The van der Waals surface area contributed by atoms with Crippen molar-refractivity contribution in [3.05, 3.63) is 30.1 Å². The normalized spacial score (nSPS) is 21.5. The van der Waals surface area contributed by atoms with Crippen LogP contribution in [0.2, 0.25) is 0 Å². The van der Waals surface area contributed by atoms with Crippen LogP contribution in [0.15, 0.2) is 24.3 Å². The molecule has 0 aliphatic heterocycles. The minimum absolute atomic E-state index is 0.0654. The molecule has 1 aromatic carbocycles. The molecule has 0 spiro atoms. The number of hydrogen-bond donors (Lipinski definition) is 3. The van der Waals surface area contributed by atoms with E-state index in [1.54, 1.807) is 32.9 Å². The average molecular weight is 386 g/mol. The van der Waals surface area contributed by atoms with Gasteiger partial charge in [0, 0.05) is 24.8 Å². The highest BCUT2D eigenvalue weighted by Crippen LogP contribution is 2.25. The van der Waals surface area contributed by atoms with Gasteiger partial charge in [-0.3, -0.25) is 0 Å². The van der Waals surface area contributed by atoms with Crippen molar-refractivity contribution >= 4 is 15.7 Å². The van der Waals surface area contributed by atoms with E-state index in [2.05, 4.69) is 15.4 Å². The van der Waals surface area contributed by atoms with Crippen molar-refractivity contribution < 1.29 is 12.8 Å². The molecule has 0 radical (unpaired) electrons. The molecule has 1 fully saturated rings. The molecule has 1 aliphatic rings. The minimum atomic E-state index is -3.27. The summed E-state index contributed by atoms with van der Waals surface area (Å²) in [6.45, 7) is 7.75. The number of hydrogen-bond acceptors (Lipinski definition) is 4. The van der Waals surface area contributed by atoms with E-state index in [0.29, 0.717) is 5.92 Å². The third-order valence-electron chi connectivity index (χ3n) is 4.88. The molecular formula is C19H32FN3O2S. The third-order valence-corrected chi connectivity index (χ3v) is 7.14. The van der Waals surface area contributed by atoms with Crippen LogP contribution in [0.1, 0.15) is 46.5 Å². The Morgan fingerprint density at radius 1 is 1.04 bits per heavy atom. The van der Waals surface area contributed by atoms with Crippen LogP contribution in [0.3, 0.4) is 0 Å². The van der Waals surface area contributed by atoms with Gasteiger partial charge in [0.25, 0.3) is 0 Å². The van der Waals surface area contributed by atoms with Gasteiger partial charge in [0.15, 0.2) is 0 Å². The molecule has 0 bridgehead atoms. The zero-order valence-corrected chi connectivity index (χ0v) is 16.8. The Morgan fingerprint density at radius 3 is 2.23 bits per heavy atom. The molecule has 1 aromatic rings. The molecular weight excluding hydrogens is 353 g/mol. The zero-order chi connectivity index (χ0) is 19.2. The molecule has 0 aromatic heterocycles. The highest BCUT2D eigenvalue weighted by Gasteiger charge is 2.32. The van der Waals surface area contributed by atoms with Crippen LogP contribution in [0.25, 0.3) is 0 Å². The maximum absolute atomic E-state index is 12.8. The summed E-state index contributed by atoms with van der Waals surface area (Å²) >= 11 is 0. The van der Waals surface area contributed by atoms with Crippen molar-refractivity contribution in [2.24, 2.45) is 5.92 Å². The van der Waals surface area contributed by atoms with Gasteiger partial charge in [-0.2, -0.15) is 0 Å². The number of benzene rings is 1. The molecule has 0 heterocycles. The minimum Gasteiger partial charge on any atom is -0.384 e. The lowest BCUT2D eigenvalue weighted by Crippen LogP contribution is -2.46. The van der Waals surface area contributed by atoms with E-state index in [1.807, 2.05) is 0 Å². The number of rotatable bonds is 8. The van der Waals surface area contributed by atoms with Crippen LogP contribution in [0.4, 0.5) is 10.1 Å². The molecule has 1 saturated carbocycles. The Bertz CT molecular complexity index is 648. The molecule has 5 nitrogen and oxygen atoms in total. The fraction of sp³-hybridized carbons (Fsp3) is 0.684. The number of anilines is 1. The maximum Gasteiger partial charge on any atom is 0.216 e. The zero-order valence-electron chi connectivity index (χ0n) is 16.0. The summed E-state index contributed by atoms with van der Waals surface area (Å²) in [6.07, 6.45) is 3.87. The predicted octanol–water partition coefficient (Wildman–Crippen LogP) is 3.10. The molecule has 3 N–H and O–H groups in total. The number of sulfonamides is 1. The highest BCUT2D eigenvalue weighted by molar-refractivity contribution is 7.90. The fourth-order valence-electron chi connectivity index (χ4n) is 3.05. The molecule has 0 saturated heterocycles. The van der Waals surface area contributed by atoms with Gasteiger partial charge in [-0.1, -0.05) is 0 Å². The van der Waals surface area contributed by atoms with Gasteiger partial charge in [0.2, 0.25) is 10.0 Å². The fourth-order valence-corrected chi connectivity index (χ4v) is 4.08. The Hall–Kier alpha value is -1.18. The Balaban J connectivity index is 1.60. The molecule has 0 amide bonds. The molecule has 0 unspecified atom stereocenters. The highest BCUT2D eigenvalue weighted by atomic mass is 32.2. The van der Waals surface area contributed by atoms with Crippen LogP contribution in [-0.4, -0.2) is 38.8 Å². The molecule has 0 atom stereocenters. The summed E-state index contributed by atoms with van der Waals surface area (Å²) in [7, 11) is -3.27. The van der Waals surface area contributed by atoms with Crippen LogP contribution in [-0.2, 0) is 10.0 Å².